The molecule has 6 heteroatoms. The van der Waals surface area contributed by atoms with E-state index in [1.54, 1.807) is 6.07 Å². The van der Waals surface area contributed by atoms with E-state index in [0.717, 1.165) is 42.4 Å². The Labute approximate surface area is 136 Å². The van der Waals surface area contributed by atoms with Crippen LogP contribution in [-0.2, 0) is 6.54 Å². The van der Waals surface area contributed by atoms with Crippen LogP contribution in [0.15, 0.2) is 24.4 Å². The molecule has 1 unspecified atom stereocenters. The molecule has 0 bridgehead atoms. The number of halogens is 1. The summed E-state index contributed by atoms with van der Waals surface area (Å²) in [5.41, 5.74) is 1.94. The van der Waals surface area contributed by atoms with Gasteiger partial charge in [-0.1, -0.05) is 0 Å². The van der Waals surface area contributed by atoms with E-state index >= 15 is 0 Å². The summed E-state index contributed by atoms with van der Waals surface area (Å²) in [6, 6.07) is 5.55. The fraction of sp³-hybridized carbons (Fsp3) is 0.471. The van der Waals surface area contributed by atoms with Crippen molar-refractivity contribution in [3.05, 3.63) is 47.4 Å². The fourth-order valence-corrected chi connectivity index (χ4v) is 3.03. The van der Waals surface area contributed by atoms with E-state index in [1.165, 1.54) is 12.3 Å². The van der Waals surface area contributed by atoms with Crippen LogP contribution >= 0.6 is 0 Å². The molecule has 1 aliphatic heterocycles. The van der Waals surface area contributed by atoms with Gasteiger partial charge in [-0.05, 0) is 38.4 Å². The number of nitrogens with zero attached hydrogens (tertiary/aromatic N) is 5. The summed E-state index contributed by atoms with van der Waals surface area (Å²) in [5, 5.41) is 0. The van der Waals surface area contributed by atoms with Crippen LogP contribution in [0.5, 0.6) is 0 Å². The SMILES string of the molecule is Cc1nc(C2CCCN2Cc2ccc(F)cn2)cc(N(C)C)n1. The average molecular weight is 315 g/mol. The van der Waals surface area contributed by atoms with Gasteiger partial charge in [0.1, 0.15) is 17.5 Å². The lowest BCUT2D eigenvalue weighted by molar-refractivity contribution is 0.241. The molecule has 0 aliphatic carbocycles. The zero-order valence-corrected chi connectivity index (χ0v) is 13.8. The maximum Gasteiger partial charge on any atom is 0.141 e. The molecule has 3 heterocycles. The van der Waals surface area contributed by atoms with Crippen molar-refractivity contribution < 1.29 is 4.39 Å². The van der Waals surface area contributed by atoms with Gasteiger partial charge in [0.25, 0.3) is 0 Å². The van der Waals surface area contributed by atoms with Gasteiger partial charge < -0.3 is 4.90 Å². The third-order valence-corrected chi connectivity index (χ3v) is 4.16. The van der Waals surface area contributed by atoms with Gasteiger partial charge in [-0.25, -0.2) is 14.4 Å². The second-order valence-corrected chi connectivity index (χ2v) is 6.19. The van der Waals surface area contributed by atoms with Crippen LogP contribution in [0.4, 0.5) is 10.2 Å². The molecule has 23 heavy (non-hydrogen) atoms. The minimum atomic E-state index is -0.297. The van der Waals surface area contributed by atoms with Crippen molar-refractivity contribution in [1.82, 2.24) is 19.9 Å². The number of rotatable bonds is 4. The number of hydrogen-bond acceptors (Lipinski definition) is 5. The first-order chi connectivity index (χ1) is 11.0. The Morgan fingerprint density at radius 1 is 1.30 bits per heavy atom. The molecule has 0 radical (unpaired) electrons. The number of hydrogen-bond donors (Lipinski definition) is 0. The lowest BCUT2D eigenvalue weighted by Gasteiger charge is -2.24. The molecule has 1 atom stereocenters. The van der Waals surface area contributed by atoms with Gasteiger partial charge in [-0.2, -0.15) is 0 Å². The Morgan fingerprint density at radius 3 is 2.83 bits per heavy atom. The van der Waals surface area contributed by atoms with E-state index in [-0.39, 0.29) is 11.9 Å². The number of aryl methyl sites for hydroxylation is 1. The second-order valence-electron chi connectivity index (χ2n) is 6.19. The zero-order chi connectivity index (χ0) is 16.4. The Morgan fingerprint density at radius 2 is 2.13 bits per heavy atom. The minimum absolute atomic E-state index is 0.266. The summed E-state index contributed by atoms with van der Waals surface area (Å²) in [5.74, 6) is 1.42. The first-order valence-electron chi connectivity index (χ1n) is 7.90. The van der Waals surface area contributed by atoms with Crippen molar-refractivity contribution in [1.29, 1.82) is 0 Å². The minimum Gasteiger partial charge on any atom is -0.363 e. The molecule has 0 spiro atoms. The highest BCUT2D eigenvalue weighted by molar-refractivity contribution is 5.38. The van der Waals surface area contributed by atoms with E-state index < -0.39 is 0 Å². The monoisotopic (exact) mass is 315 g/mol. The number of anilines is 1. The van der Waals surface area contributed by atoms with Gasteiger partial charge in [-0.15, -0.1) is 0 Å². The van der Waals surface area contributed by atoms with Gasteiger partial charge in [0.05, 0.1) is 23.6 Å². The maximum atomic E-state index is 13.0. The third kappa shape index (κ3) is 3.64. The van der Waals surface area contributed by atoms with Crippen molar-refractivity contribution in [2.24, 2.45) is 0 Å². The van der Waals surface area contributed by atoms with Crippen LogP contribution in [0, 0.1) is 12.7 Å². The van der Waals surface area contributed by atoms with Crippen LogP contribution in [-0.4, -0.2) is 40.5 Å². The maximum absolute atomic E-state index is 13.0. The third-order valence-electron chi connectivity index (χ3n) is 4.16. The highest BCUT2D eigenvalue weighted by atomic mass is 19.1. The summed E-state index contributed by atoms with van der Waals surface area (Å²) in [6.07, 6.45) is 3.48. The second kappa shape index (κ2) is 6.58. The predicted molar refractivity (Wildman–Crippen MR) is 87.7 cm³/mol. The number of likely N-dealkylation sites (tertiary alicyclic amines) is 1. The van der Waals surface area contributed by atoms with Crippen LogP contribution in [0.3, 0.4) is 0 Å². The van der Waals surface area contributed by atoms with E-state index in [9.17, 15) is 4.39 Å². The molecule has 3 rings (SSSR count). The summed E-state index contributed by atoms with van der Waals surface area (Å²) < 4.78 is 13.0. The molecule has 0 amide bonds. The van der Waals surface area contributed by atoms with Crippen LogP contribution in [0.25, 0.3) is 0 Å². The normalized spacial score (nSPS) is 18.3. The van der Waals surface area contributed by atoms with Crippen molar-refractivity contribution in [3.63, 3.8) is 0 Å². The molecule has 2 aromatic rings. The molecule has 2 aromatic heterocycles. The standard InChI is InChI=1S/C17H22FN5/c1-12-20-15(9-17(21-12)22(2)3)16-5-4-8-23(16)11-14-7-6-13(18)10-19-14/h6-7,9-10,16H,4-5,8,11H2,1-3H3. The highest BCUT2D eigenvalue weighted by Crippen LogP contribution is 2.33. The largest absolute Gasteiger partial charge is 0.363 e. The molecular weight excluding hydrogens is 293 g/mol. The Bertz CT molecular complexity index is 671. The molecular formula is C17H22FN5. The molecule has 0 aromatic carbocycles. The topological polar surface area (TPSA) is 45.2 Å². The lowest BCUT2D eigenvalue weighted by Crippen LogP contribution is -2.25. The summed E-state index contributed by atoms with van der Waals surface area (Å²) >= 11 is 0. The predicted octanol–water partition coefficient (Wildman–Crippen LogP) is 2.72. The highest BCUT2D eigenvalue weighted by Gasteiger charge is 2.28. The number of pyridine rings is 1. The van der Waals surface area contributed by atoms with Crippen LogP contribution < -0.4 is 4.90 Å². The summed E-state index contributed by atoms with van der Waals surface area (Å²) in [7, 11) is 3.97. The smallest absolute Gasteiger partial charge is 0.141 e. The molecule has 1 aliphatic rings. The number of aromatic nitrogens is 3. The first-order valence-corrected chi connectivity index (χ1v) is 7.90. The van der Waals surface area contributed by atoms with E-state index in [0.29, 0.717) is 6.54 Å². The molecule has 0 saturated carbocycles. The van der Waals surface area contributed by atoms with Crippen molar-refractivity contribution in [2.45, 2.75) is 32.4 Å². The Hall–Kier alpha value is -2.08. The summed E-state index contributed by atoms with van der Waals surface area (Å²) in [6.45, 7) is 3.65. The molecule has 1 saturated heterocycles. The summed E-state index contributed by atoms with van der Waals surface area (Å²) in [4.78, 5) is 17.6. The Balaban J connectivity index is 1.82. The lowest BCUT2D eigenvalue weighted by atomic mass is 10.1. The van der Waals surface area contributed by atoms with Gasteiger partial charge in [0.2, 0.25) is 0 Å². The van der Waals surface area contributed by atoms with Gasteiger partial charge >= 0.3 is 0 Å². The van der Waals surface area contributed by atoms with Crippen molar-refractivity contribution in [2.75, 3.05) is 25.5 Å². The molecule has 1 fully saturated rings. The van der Waals surface area contributed by atoms with E-state index in [2.05, 4.69) is 25.9 Å². The average Bonchev–Trinajstić information content (AvgIpc) is 2.97. The van der Waals surface area contributed by atoms with E-state index in [4.69, 9.17) is 0 Å². The zero-order valence-electron chi connectivity index (χ0n) is 13.8. The Kier molecular flexibility index (Phi) is 4.52. The van der Waals surface area contributed by atoms with Gasteiger partial charge in [0.15, 0.2) is 0 Å². The van der Waals surface area contributed by atoms with E-state index in [1.807, 2.05) is 25.9 Å². The van der Waals surface area contributed by atoms with Crippen molar-refractivity contribution >= 4 is 5.82 Å². The van der Waals surface area contributed by atoms with Crippen LogP contribution in [0.1, 0.15) is 36.1 Å². The van der Waals surface area contributed by atoms with Crippen LogP contribution in [0.2, 0.25) is 0 Å². The molecule has 122 valence electrons. The quantitative estimate of drug-likeness (QED) is 0.868. The molecule has 0 N–H and O–H groups in total. The van der Waals surface area contributed by atoms with Gasteiger partial charge in [-0.3, -0.25) is 9.88 Å². The van der Waals surface area contributed by atoms with Crippen molar-refractivity contribution in [3.8, 4) is 0 Å². The molecule has 5 nitrogen and oxygen atoms in total. The fourth-order valence-electron chi connectivity index (χ4n) is 3.03. The first kappa shape index (κ1) is 15.8. The van der Waals surface area contributed by atoms with Gasteiger partial charge in [0, 0.05) is 26.7 Å².